The van der Waals surface area contributed by atoms with E-state index in [1.807, 2.05) is 0 Å². The molecule has 0 aromatic heterocycles. The van der Waals surface area contributed by atoms with Crippen LogP contribution in [0.25, 0.3) is 0 Å². The highest BCUT2D eigenvalue weighted by Crippen LogP contribution is 2.37. The molecule has 0 unspecified atom stereocenters. The van der Waals surface area contributed by atoms with Crippen LogP contribution in [0.15, 0.2) is 12.1 Å². The molecule has 1 aromatic carbocycles. The number of nitrogens with zero attached hydrogens (tertiary/aromatic N) is 1. The molecule has 7 heteroatoms. The van der Waals surface area contributed by atoms with Crippen molar-refractivity contribution in [1.29, 1.82) is 0 Å². The van der Waals surface area contributed by atoms with Gasteiger partial charge in [-0.3, -0.25) is 0 Å². The molecular formula is C21H31FN2O4. The maximum Gasteiger partial charge on any atom is 0.410 e. The average Bonchev–Trinajstić information content (AvgIpc) is 2.37. The fraction of sp³-hybridized carbons (Fsp3) is 0.619. The van der Waals surface area contributed by atoms with Gasteiger partial charge < -0.3 is 19.7 Å². The Hall–Kier alpha value is -2.31. The van der Waals surface area contributed by atoms with Crippen LogP contribution in [0.5, 0.6) is 0 Å². The van der Waals surface area contributed by atoms with Crippen LogP contribution in [0.1, 0.15) is 58.2 Å². The van der Waals surface area contributed by atoms with Crippen molar-refractivity contribution in [2.24, 2.45) is 0 Å². The molecule has 1 heterocycles. The quantitative estimate of drug-likeness (QED) is 0.807. The number of hydrogen-bond acceptors (Lipinski definition) is 4. The van der Waals surface area contributed by atoms with Crippen molar-refractivity contribution in [3.05, 3.63) is 34.6 Å². The van der Waals surface area contributed by atoms with Crippen LogP contribution in [0.3, 0.4) is 0 Å². The molecule has 2 rings (SSSR count). The third kappa shape index (κ3) is 5.14. The zero-order valence-electron chi connectivity index (χ0n) is 18.0. The molecule has 0 atom stereocenters. The number of carbonyl (C=O) groups is 2. The van der Waals surface area contributed by atoms with Gasteiger partial charge in [-0.25, -0.2) is 14.0 Å². The van der Waals surface area contributed by atoms with Crippen molar-refractivity contribution in [3.8, 4) is 0 Å². The van der Waals surface area contributed by atoms with Crippen LogP contribution in [0.2, 0.25) is 0 Å². The lowest BCUT2D eigenvalue weighted by Crippen LogP contribution is -2.70. The number of hydrogen-bond donors (Lipinski definition) is 1. The van der Waals surface area contributed by atoms with Gasteiger partial charge in [0.2, 0.25) is 0 Å². The molecule has 1 fully saturated rings. The van der Waals surface area contributed by atoms with Crippen molar-refractivity contribution in [2.45, 2.75) is 72.1 Å². The number of likely N-dealkylation sites (tertiary alicyclic amines) is 1. The van der Waals surface area contributed by atoms with Gasteiger partial charge in [0.25, 0.3) is 0 Å². The molecule has 0 spiro atoms. The summed E-state index contributed by atoms with van der Waals surface area (Å²) in [7, 11) is 0. The molecule has 6 nitrogen and oxygen atoms in total. The Bertz CT molecular complexity index is 749. The second-order valence-corrected chi connectivity index (χ2v) is 9.46. The number of nitrogens with one attached hydrogen (secondary N) is 1. The number of alkyl carbamates (subject to hydrolysis) is 1. The molecule has 1 saturated heterocycles. The van der Waals surface area contributed by atoms with Gasteiger partial charge in [0.15, 0.2) is 0 Å². The van der Waals surface area contributed by atoms with Crippen molar-refractivity contribution in [1.82, 2.24) is 10.2 Å². The first-order chi connectivity index (χ1) is 12.6. The lowest BCUT2D eigenvalue weighted by Gasteiger charge is -2.51. The van der Waals surface area contributed by atoms with Crippen molar-refractivity contribution in [2.75, 3.05) is 13.1 Å². The lowest BCUT2D eigenvalue weighted by atomic mass is 9.78. The lowest BCUT2D eigenvalue weighted by molar-refractivity contribution is -0.0233. The molecule has 0 aliphatic carbocycles. The van der Waals surface area contributed by atoms with Gasteiger partial charge >= 0.3 is 12.2 Å². The standard InChI is InChI=1S/C21H31FN2O4/c1-13-9-15(22)10-14(2)16(13)21(23-17(25)27-19(3,4)5)11-24(12-21)18(26)28-20(6,7)8/h9-10H,11-12H2,1-8H3,(H,23,25). The SMILES string of the molecule is Cc1cc(F)cc(C)c1C1(NC(=O)OC(C)(C)C)CN(C(=O)OC(C)(C)C)C1. The minimum absolute atomic E-state index is 0.217. The van der Waals surface area contributed by atoms with E-state index in [4.69, 9.17) is 9.47 Å². The summed E-state index contributed by atoms with van der Waals surface area (Å²) >= 11 is 0. The number of carbonyl (C=O) groups excluding carboxylic acids is 2. The monoisotopic (exact) mass is 394 g/mol. The average molecular weight is 394 g/mol. The van der Waals surface area contributed by atoms with Gasteiger partial charge in [-0.05, 0) is 84.2 Å². The van der Waals surface area contributed by atoms with E-state index >= 15 is 0 Å². The Labute approximate surface area is 166 Å². The fourth-order valence-corrected chi connectivity index (χ4v) is 3.53. The Morgan fingerprint density at radius 2 is 1.46 bits per heavy atom. The number of aryl methyl sites for hydroxylation is 2. The summed E-state index contributed by atoms with van der Waals surface area (Å²) in [4.78, 5) is 26.4. The summed E-state index contributed by atoms with van der Waals surface area (Å²) in [6.45, 7) is 14.7. The molecule has 0 radical (unpaired) electrons. The van der Waals surface area contributed by atoms with E-state index in [0.717, 1.165) is 5.56 Å². The first-order valence-electron chi connectivity index (χ1n) is 9.38. The summed E-state index contributed by atoms with van der Waals surface area (Å²) in [6.07, 6.45) is -1.04. The Morgan fingerprint density at radius 1 is 1.00 bits per heavy atom. The van der Waals surface area contributed by atoms with Crippen LogP contribution < -0.4 is 5.32 Å². The first kappa shape index (κ1) is 22.0. The normalized spacial score (nSPS) is 16.2. The van der Waals surface area contributed by atoms with E-state index in [1.165, 1.54) is 17.0 Å². The largest absolute Gasteiger partial charge is 0.444 e. The number of halogens is 1. The molecule has 2 amide bonds. The van der Waals surface area contributed by atoms with E-state index in [-0.39, 0.29) is 18.9 Å². The van der Waals surface area contributed by atoms with Crippen LogP contribution >= 0.6 is 0 Å². The van der Waals surface area contributed by atoms with Crippen molar-refractivity contribution >= 4 is 12.2 Å². The van der Waals surface area contributed by atoms with Gasteiger partial charge in [0.1, 0.15) is 22.6 Å². The number of ether oxygens (including phenoxy) is 2. The first-order valence-corrected chi connectivity index (χ1v) is 9.38. The topological polar surface area (TPSA) is 67.9 Å². The van der Waals surface area contributed by atoms with Gasteiger partial charge in [-0.15, -0.1) is 0 Å². The number of benzene rings is 1. The van der Waals surface area contributed by atoms with Crippen LogP contribution in [0.4, 0.5) is 14.0 Å². The Morgan fingerprint density at radius 3 is 1.89 bits per heavy atom. The zero-order valence-corrected chi connectivity index (χ0v) is 18.0. The van der Waals surface area contributed by atoms with E-state index in [0.29, 0.717) is 11.1 Å². The predicted molar refractivity (Wildman–Crippen MR) is 105 cm³/mol. The third-order valence-electron chi connectivity index (χ3n) is 4.29. The van der Waals surface area contributed by atoms with E-state index in [2.05, 4.69) is 5.32 Å². The summed E-state index contributed by atoms with van der Waals surface area (Å²) in [5, 5.41) is 2.92. The van der Waals surface area contributed by atoms with Crippen molar-refractivity contribution < 1.29 is 23.5 Å². The third-order valence-corrected chi connectivity index (χ3v) is 4.29. The zero-order chi connectivity index (χ0) is 21.5. The number of rotatable bonds is 2. The second-order valence-electron chi connectivity index (χ2n) is 9.46. The van der Waals surface area contributed by atoms with Gasteiger partial charge in [0.05, 0.1) is 13.1 Å². The molecule has 0 bridgehead atoms. The van der Waals surface area contributed by atoms with Crippen LogP contribution in [-0.2, 0) is 15.0 Å². The summed E-state index contributed by atoms with van der Waals surface area (Å²) in [5.41, 5.74) is 0.0677. The fourth-order valence-electron chi connectivity index (χ4n) is 3.53. The van der Waals surface area contributed by atoms with Gasteiger partial charge in [-0.1, -0.05) is 0 Å². The highest BCUT2D eigenvalue weighted by atomic mass is 19.1. The van der Waals surface area contributed by atoms with Gasteiger partial charge in [0, 0.05) is 0 Å². The molecule has 156 valence electrons. The van der Waals surface area contributed by atoms with Crippen LogP contribution in [-0.4, -0.2) is 41.4 Å². The highest BCUT2D eigenvalue weighted by molar-refractivity contribution is 5.74. The number of amides is 2. The van der Waals surface area contributed by atoms with Crippen LogP contribution in [0, 0.1) is 19.7 Å². The smallest absolute Gasteiger partial charge is 0.410 e. The molecule has 1 aliphatic heterocycles. The summed E-state index contributed by atoms with van der Waals surface area (Å²) in [6, 6.07) is 2.86. The Kier molecular flexibility index (Phi) is 5.70. The highest BCUT2D eigenvalue weighted by Gasteiger charge is 2.51. The molecular weight excluding hydrogens is 363 g/mol. The summed E-state index contributed by atoms with van der Waals surface area (Å²) in [5.74, 6) is -0.338. The minimum atomic E-state index is -0.860. The second kappa shape index (κ2) is 7.26. The maximum absolute atomic E-state index is 13.8. The molecule has 1 N–H and O–H groups in total. The van der Waals surface area contributed by atoms with Gasteiger partial charge in [-0.2, -0.15) is 0 Å². The molecule has 0 saturated carbocycles. The maximum atomic E-state index is 13.8. The molecule has 1 aromatic rings. The van der Waals surface area contributed by atoms with E-state index < -0.39 is 28.9 Å². The molecule has 1 aliphatic rings. The summed E-state index contributed by atoms with van der Waals surface area (Å²) < 4.78 is 24.6. The molecule has 28 heavy (non-hydrogen) atoms. The predicted octanol–water partition coefficient (Wildman–Crippen LogP) is 4.41. The van der Waals surface area contributed by atoms with Crippen molar-refractivity contribution in [3.63, 3.8) is 0 Å². The van der Waals surface area contributed by atoms with E-state index in [9.17, 15) is 14.0 Å². The Balaban J connectivity index is 2.32. The van der Waals surface area contributed by atoms with E-state index in [1.54, 1.807) is 55.4 Å². The minimum Gasteiger partial charge on any atom is -0.444 e.